The van der Waals surface area contributed by atoms with Crippen LogP contribution in [-0.4, -0.2) is 0 Å². The fourth-order valence-electron chi connectivity index (χ4n) is 12.1. The van der Waals surface area contributed by atoms with E-state index in [1.807, 2.05) is 0 Å². The Labute approximate surface area is 443 Å². The first-order valence-corrected chi connectivity index (χ1v) is 26.3. The van der Waals surface area contributed by atoms with Gasteiger partial charge in [-0.2, -0.15) is 0 Å². The monoisotopic (exact) mass is 962 g/mol. The molecule has 0 N–H and O–H groups in total. The van der Waals surface area contributed by atoms with Gasteiger partial charge in [0.2, 0.25) is 0 Å². The van der Waals surface area contributed by atoms with Crippen LogP contribution < -0.4 is 0 Å². The minimum Gasteiger partial charge on any atom is -0.0622 e. The van der Waals surface area contributed by atoms with Gasteiger partial charge in [-0.15, -0.1) is 0 Å². The maximum absolute atomic E-state index is 2.37. The van der Waals surface area contributed by atoms with E-state index in [0.717, 1.165) is 0 Å². The van der Waals surface area contributed by atoms with Crippen LogP contribution in [0.25, 0.3) is 142 Å². The molecule has 0 amide bonds. The summed E-state index contributed by atoms with van der Waals surface area (Å²) in [6.45, 7) is 0. The van der Waals surface area contributed by atoms with Gasteiger partial charge in [0.1, 0.15) is 0 Å². The summed E-state index contributed by atoms with van der Waals surface area (Å²) in [5.41, 5.74) is 15.2. The van der Waals surface area contributed by atoms with Crippen LogP contribution in [0.2, 0.25) is 0 Å². The van der Waals surface area contributed by atoms with Crippen LogP contribution in [0.15, 0.2) is 303 Å². The van der Waals surface area contributed by atoms with Crippen molar-refractivity contribution in [3.05, 3.63) is 303 Å². The number of hydrogen-bond acceptors (Lipinski definition) is 0. The normalized spacial score (nSPS) is 11.4. The molecule has 15 aromatic rings. The predicted molar refractivity (Wildman–Crippen MR) is 328 cm³/mol. The Morgan fingerprint density at radius 1 is 0.132 bits per heavy atom. The lowest BCUT2D eigenvalue weighted by molar-refractivity contribution is 1.61. The minimum absolute atomic E-state index is 1.24. The first-order chi connectivity index (χ1) is 37.7. The summed E-state index contributed by atoms with van der Waals surface area (Å²) in [4.78, 5) is 0. The molecule has 0 radical (unpaired) electrons. The van der Waals surface area contributed by atoms with Gasteiger partial charge < -0.3 is 0 Å². The lowest BCUT2D eigenvalue weighted by Gasteiger charge is -2.19. The van der Waals surface area contributed by atoms with Crippen molar-refractivity contribution in [2.75, 3.05) is 0 Å². The Morgan fingerprint density at radius 2 is 0.447 bits per heavy atom. The maximum atomic E-state index is 2.37. The Morgan fingerprint density at radius 3 is 0.961 bits per heavy atom. The molecule has 15 aromatic carbocycles. The van der Waals surface area contributed by atoms with Crippen molar-refractivity contribution in [2.24, 2.45) is 0 Å². The van der Waals surface area contributed by atoms with E-state index in [1.165, 1.54) is 142 Å². The molecule has 0 aromatic heterocycles. The van der Waals surface area contributed by atoms with Gasteiger partial charge in [0.25, 0.3) is 0 Å². The zero-order valence-corrected chi connectivity index (χ0v) is 41.9. The standard InChI is InChI=1S/C40H26.C36H24/c1-3-18-31-27(12-1)14-10-24-33(31)29-16-9-17-30(26-29)39-35-20-5-7-22-37(35)40(38-23-8-6-21-36(38)39)34-25-11-15-28-13-2-4-19-32(28)34;1-2-11-25(12-3-1)28-15-10-16-29(23-28)35-31-17-6-8-19-33(31)36(34-20-9-7-18-32(34)35)30-22-21-26-13-4-5-14-27(26)24-30/h1-26H;1-24H. The zero-order chi connectivity index (χ0) is 50.4. The van der Waals surface area contributed by atoms with Crippen molar-refractivity contribution in [3.8, 4) is 66.8 Å². The van der Waals surface area contributed by atoms with Crippen molar-refractivity contribution >= 4 is 75.4 Å². The van der Waals surface area contributed by atoms with E-state index in [9.17, 15) is 0 Å². The molecule has 0 unspecified atom stereocenters. The summed E-state index contributed by atoms with van der Waals surface area (Å²) in [5, 5.41) is 17.9. The third-order valence-electron chi connectivity index (χ3n) is 15.5. The Bertz CT molecular complexity index is 4570. The van der Waals surface area contributed by atoms with Crippen LogP contribution in [0.3, 0.4) is 0 Å². The third-order valence-corrected chi connectivity index (χ3v) is 15.5. The summed E-state index contributed by atoms with van der Waals surface area (Å²) < 4.78 is 0. The van der Waals surface area contributed by atoms with Crippen molar-refractivity contribution in [2.45, 2.75) is 0 Å². The molecule has 0 aliphatic carbocycles. The lowest BCUT2D eigenvalue weighted by atomic mass is 9.84. The van der Waals surface area contributed by atoms with E-state index in [2.05, 4.69) is 303 Å². The Balaban J connectivity index is 0.000000140. The van der Waals surface area contributed by atoms with E-state index in [4.69, 9.17) is 0 Å². The van der Waals surface area contributed by atoms with Gasteiger partial charge in [0.15, 0.2) is 0 Å². The van der Waals surface area contributed by atoms with Gasteiger partial charge in [0.05, 0.1) is 0 Å². The maximum Gasteiger partial charge on any atom is -0.00201 e. The van der Waals surface area contributed by atoms with Gasteiger partial charge in [-0.05, 0) is 160 Å². The van der Waals surface area contributed by atoms with Gasteiger partial charge in [-0.1, -0.05) is 285 Å². The molecule has 0 atom stereocenters. The SMILES string of the molecule is c1cc(-c2cccc3ccccc23)cc(-c2c3ccccc3c(-c3cccc4ccccc34)c3ccccc23)c1.c1ccc(-c2cccc(-c3c4ccccc4c(-c4ccc5ccccc5c4)c4ccccc34)c2)cc1. The number of hydrogen-bond donors (Lipinski definition) is 0. The van der Waals surface area contributed by atoms with Crippen LogP contribution >= 0.6 is 0 Å². The van der Waals surface area contributed by atoms with Crippen molar-refractivity contribution in [3.63, 3.8) is 0 Å². The van der Waals surface area contributed by atoms with Gasteiger partial charge in [0, 0.05) is 0 Å². The van der Waals surface area contributed by atoms with E-state index in [-0.39, 0.29) is 0 Å². The number of benzene rings is 15. The highest BCUT2D eigenvalue weighted by Gasteiger charge is 2.20. The molecule has 354 valence electrons. The molecule has 0 fully saturated rings. The van der Waals surface area contributed by atoms with E-state index in [0.29, 0.717) is 0 Å². The third kappa shape index (κ3) is 7.87. The smallest absolute Gasteiger partial charge is 0.00201 e. The molecule has 0 spiro atoms. The minimum atomic E-state index is 1.24. The van der Waals surface area contributed by atoms with E-state index < -0.39 is 0 Å². The predicted octanol–water partition coefficient (Wildman–Crippen LogP) is 21.4. The summed E-state index contributed by atoms with van der Waals surface area (Å²) in [6.07, 6.45) is 0. The topological polar surface area (TPSA) is 0 Å². The average Bonchev–Trinajstić information content (AvgIpc) is 3.59. The van der Waals surface area contributed by atoms with Crippen LogP contribution in [0.1, 0.15) is 0 Å². The molecule has 0 saturated carbocycles. The van der Waals surface area contributed by atoms with Gasteiger partial charge >= 0.3 is 0 Å². The Kier molecular flexibility index (Phi) is 11.3. The molecular weight excluding hydrogens is 913 g/mol. The highest BCUT2D eigenvalue weighted by atomic mass is 14.2. The number of rotatable bonds is 6. The van der Waals surface area contributed by atoms with Crippen LogP contribution in [0.4, 0.5) is 0 Å². The average molecular weight is 963 g/mol. The molecule has 0 aliphatic heterocycles. The van der Waals surface area contributed by atoms with Gasteiger partial charge in [-0.3, -0.25) is 0 Å². The second kappa shape index (κ2) is 19.2. The first-order valence-electron chi connectivity index (χ1n) is 26.3. The van der Waals surface area contributed by atoms with Gasteiger partial charge in [-0.25, -0.2) is 0 Å². The fraction of sp³-hybridized carbons (Fsp3) is 0. The highest BCUT2D eigenvalue weighted by Crippen LogP contribution is 2.47. The number of fused-ring (bicyclic) bond motifs is 7. The second-order valence-corrected chi connectivity index (χ2v) is 19.8. The molecule has 0 aliphatic rings. The van der Waals surface area contributed by atoms with Crippen molar-refractivity contribution < 1.29 is 0 Å². The summed E-state index contributed by atoms with van der Waals surface area (Å²) in [6, 6.07) is 110. The van der Waals surface area contributed by atoms with Crippen LogP contribution in [0, 0.1) is 0 Å². The first kappa shape index (κ1) is 44.8. The molecule has 15 rings (SSSR count). The summed E-state index contributed by atoms with van der Waals surface area (Å²) in [5.74, 6) is 0. The van der Waals surface area contributed by atoms with E-state index in [1.54, 1.807) is 0 Å². The van der Waals surface area contributed by atoms with Crippen molar-refractivity contribution in [1.82, 2.24) is 0 Å². The lowest BCUT2D eigenvalue weighted by Crippen LogP contribution is -1.92. The fourth-order valence-corrected chi connectivity index (χ4v) is 12.1. The second-order valence-electron chi connectivity index (χ2n) is 19.8. The molecule has 0 heteroatoms. The summed E-state index contributed by atoms with van der Waals surface area (Å²) >= 11 is 0. The molecule has 0 saturated heterocycles. The van der Waals surface area contributed by atoms with Crippen molar-refractivity contribution in [1.29, 1.82) is 0 Å². The molecule has 0 bridgehead atoms. The molecule has 0 nitrogen and oxygen atoms in total. The quantitative estimate of drug-likeness (QED) is 0.146. The zero-order valence-electron chi connectivity index (χ0n) is 41.9. The molecule has 76 heavy (non-hydrogen) atoms. The Hall–Kier alpha value is -9.88. The highest BCUT2D eigenvalue weighted by molar-refractivity contribution is 6.24. The molecular formula is C76H50. The van der Waals surface area contributed by atoms with E-state index >= 15 is 0 Å². The molecule has 0 heterocycles. The van der Waals surface area contributed by atoms with Crippen LogP contribution in [0.5, 0.6) is 0 Å². The largest absolute Gasteiger partial charge is 0.0622 e. The van der Waals surface area contributed by atoms with Crippen LogP contribution in [-0.2, 0) is 0 Å². The summed E-state index contributed by atoms with van der Waals surface area (Å²) in [7, 11) is 0.